The Morgan fingerprint density at radius 1 is 0.879 bits per heavy atom. The van der Waals surface area contributed by atoms with Gasteiger partial charge < -0.3 is 20.2 Å². The van der Waals surface area contributed by atoms with Gasteiger partial charge in [-0.05, 0) is 24.6 Å². The van der Waals surface area contributed by atoms with E-state index in [1.54, 1.807) is 12.1 Å². The summed E-state index contributed by atoms with van der Waals surface area (Å²) in [4.78, 5) is 9.45. The third-order valence-electron chi connectivity index (χ3n) is 6.12. The molecule has 0 amide bonds. The number of benzene rings is 2. The third kappa shape index (κ3) is 4.10. The molecule has 0 bridgehead atoms. The number of aliphatic hydroxyl groups is 1. The van der Waals surface area contributed by atoms with Gasteiger partial charge in [-0.25, -0.2) is 4.98 Å². The summed E-state index contributed by atoms with van der Waals surface area (Å²) in [6.45, 7) is 6.10. The first kappa shape index (κ1) is 21.2. The zero-order chi connectivity index (χ0) is 22.9. The minimum atomic E-state index is -0.0150. The molecule has 33 heavy (non-hydrogen) atoms. The van der Waals surface area contributed by atoms with Gasteiger partial charge in [-0.3, -0.25) is 4.90 Å². The van der Waals surface area contributed by atoms with E-state index in [0.29, 0.717) is 17.8 Å². The summed E-state index contributed by atoms with van der Waals surface area (Å²) in [5, 5.41) is 34.2. The van der Waals surface area contributed by atoms with Gasteiger partial charge in [0.15, 0.2) is 5.65 Å². The maximum Gasteiger partial charge on any atom is 0.166 e. The number of hydrogen-bond acceptors (Lipinski definition) is 7. The Morgan fingerprint density at radius 3 is 2.24 bits per heavy atom. The van der Waals surface area contributed by atoms with Gasteiger partial charge in [0.05, 0.1) is 18.0 Å². The van der Waals surface area contributed by atoms with Crippen LogP contribution in [0.25, 0.3) is 28.0 Å². The Labute approximate surface area is 192 Å². The van der Waals surface area contributed by atoms with E-state index in [2.05, 4.69) is 9.80 Å². The van der Waals surface area contributed by atoms with Crippen molar-refractivity contribution in [2.24, 2.45) is 0 Å². The molecule has 0 atom stereocenters. The highest BCUT2D eigenvalue weighted by Gasteiger charge is 2.23. The predicted molar refractivity (Wildman–Crippen MR) is 128 cm³/mol. The molecule has 0 radical (unpaired) electrons. The van der Waals surface area contributed by atoms with Crippen LogP contribution < -0.4 is 4.90 Å². The van der Waals surface area contributed by atoms with Crippen molar-refractivity contribution in [2.75, 3.05) is 44.2 Å². The van der Waals surface area contributed by atoms with Crippen molar-refractivity contribution in [3.63, 3.8) is 0 Å². The van der Waals surface area contributed by atoms with E-state index < -0.39 is 0 Å². The van der Waals surface area contributed by atoms with Gasteiger partial charge in [-0.2, -0.15) is 9.61 Å². The van der Waals surface area contributed by atoms with Crippen LogP contribution in [0.15, 0.2) is 54.6 Å². The Morgan fingerprint density at radius 2 is 1.58 bits per heavy atom. The topological polar surface area (TPSA) is 97.4 Å². The molecule has 170 valence electrons. The van der Waals surface area contributed by atoms with E-state index in [1.165, 1.54) is 6.07 Å². The lowest BCUT2D eigenvalue weighted by atomic mass is 10.1. The van der Waals surface area contributed by atoms with E-state index in [-0.39, 0.29) is 18.1 Å². The maximum absolute atomic E-state index is 10.1. The van der Waals surface area contributed by atoms with Gasteiger partial charge in [-0.1, -0.05) is 30.3 Å². The van der Waals surface area contributed by atoms with Crippen LogP contribution in [0, 0.1) is 6.92 Å². The molecule has 3 heterocycles. The molecule has 2 aromatic heterocycles. The molecule has 1 fully saturated rings. The first-order valence-corrected chi connectivity index (χ1v) is 11.1. The minimum Gasteiger partial charge on any atom is -0.508 e. The number of aliphatic hydroxyl groups excluding tert-OH is 1. The molecule has 1 aliphatic heterocycles. The molecule has 4 aromatic rings. The summed E-state index contributed by atoms with van der Waals surface area (Å²) >= 11 is 0. The van der Waals surface area contributed by atoms with Crippen LogP contribution in [0.5, 0.6) is 11.5 Å². The second-order valence-electron chi connectivity index (χ2n) is 8.35. The van der Waals surface area contributed by atoms with Crippen molar-refractivity contribution in [3.8, 4) is 33.9 Å². The second-order valence-corrected chi connectivity index (χ2v) is 8.35. The van der Waals surface area contributed by atoms with Crippen LogP contribution in [0.1, 0.15) is 5.69 Å². The van der Waals surface area contributed by atoms with E-state index in [4.69, 9.17) is 10.1 Å². The number of phenolic OH excluding ortho intramolecular Hbond substituents is 2. The summed E-state index contributed by atoms with van der Waals surface area (Å²) in [7, 11) is 0. The van der Waals surface area contributed by atoms with E-state index in [9.17, 15) is 15.3 Å². The smallest absolute Gasteiger partial charge is 0.166 e. The maximum atomic E-state index is 10.1. The molecule has 2 aromatic carbocycles. The lowest BCUT2D eigenvalue weighted by Crippen LogP contribution is -2.47. The molecular formula is C25H27N5O3. The first-order valence-electron chi connectivity index (χ1n) is 11.1. The molecule has 3 N–H and O–H groups in total. The van der Waals surface area contributed by atoms with Gasteiger partial charge in [0.1, 0.15) is 17.3 Å². The van der Waals surface area contributed by atoms with Crippen LogP contribution in [0.3, 0.4) is 0 Å². The molecular weight excluding hydrogens is 418 g/mol. The second kappa shape index (κ2) is 8.73. The highest BCUT2D eigenvalue weighted by atomic mass is 16.3. The van der Waals surface area contributed by atoms with Gasteiger partial charge in [0.2, 0.25) is 0 Å². The highest BCUT2D eigenvalue weighted by Crippen LogP contribution is 2.34. The number of hydrogen-bond donors (Lipinski definition) is 3. The lowest BCUT2D eigenvalue weighted by molar-refractivity contribution is 0.188. The third-order valence-corrected chi connectivity index (χ3v) is 6.12. The molecule has 0 unspecified atom stereocenters. The van der Waals surface area contributed by atoms with Gasteiger partial charge in [-0.15, -0.1) is 0 Å². The standard InChI is InChI=1S/C25H27N5O3/c1-17-24(18-5-3-2-4-6-18)25-26-22(19-13-20(32)15-21(33)14-19)16-23(30(25)27-17)29-9-7-28(8-10-29)11-12-31/h2-6,13-16,31-33H,7-12H2,1H3. The van der Waals surface area contributed by atoms with Crippen molar-refractivity contribution in [1.82, 2.24) is 19.5 Å². The SMILES string of the molecule is Cc1nn2c(N3CCN(CCO)CC3)cc(-c3cc(O)cc(O)c3)nc2c1-c1ccccc1. The van der Waals surface area contributed by atoms with Crippen LogP contribution in [-0.2, 0) is 0 Å². The van der Waals surface area contributed by atoms with Crippen molar-refractivity contribution in [2.45, 2.75) is 6.92 Å². The molecule has 0 aliphatic carbocycles. The number of aryl methyl sites for hydroxylation is 1. The first-order chi connectivity index (χ1) is 16.0. The minimum absolute atomic E-state index is 0.0150. The summed E-state index contributed by atoms with van der Waals surface area (Å²) in [5.41, 5.74) is 4.89. The Kier molecular flexibility index (Phi) is 5.62. The van der Waals surface area contributed by atoms with Crippen molar-refractivity contribution in [3.05, 3.63) is 60.3 Å². The Bertz CT molecular complexity index is 1260. The number of anilines is 1. The number of aromatic hydroxyl groups is 2. The van der Waals surface area contributed by atoms with Gasteiger partial charge in [0, 0.05) is 56.0 Å². The molecule has 5 rings (SSSR count). The van der Waals surface area contributed by atoms with E-state index in [0.717, 1.165) is 54.5 Å². The van der Waals surface area contributed by atoms with Crippen molar-refractivity contribution < 1.29 is 15.3 Å². The van der Waals surface area contributed by atoms with Gasteiger partial charge >= 0.3 is 0 Å². The number of nitrogens with zero attached hydrogens (tertiary/aromatic N) is 5. The van der Waals surface area contributed by atoms with Crippen LogP contribution in [0.4, 0.5) is 5.82 Å². The molecule has 8 heteroatoms. The fourth-order valence-electron chi connectivity index (χ4n) is 4.51. The molecule has 8 nitrogen and oxygen atoms in total. The van der Waals surface area contributed by atoms with Crippen molar-refractivity contribution >= 4 is 11.5 Å². The average Bonchev–Trinajstić information content (AvgIpc) is 3.15. The van der Waals surface area contributed by atoms with Crippen LogP contribution >= 0.6 is 0 Å². The summed E-state index contributed by atoms with van der Waals surface area (Å²) < 4.78 is 1.89. The zero-order valence-corrected chi connectivity index (χ0v) is 18.5. The molecule has 1 aliphatic rings. The van der Waals surface area contributed by atoms with Crippen LogP contribution in [-0.4, -0.2) is 74.1 Å². The fraction of sp³-hybridized carbons (Fsp3) is 0.280. The largest absolute Gasteiger partial charge is 0.508 e. The number of β-amino-alcohol motifs (C(OH)–C–C–N with tert-alkyl or cyclic N) is 1. The lowest BCUT2D eigenvalue weighted by Gasteiger charge is -2.35. The molecule has 0 saturated carbocycles. The van der Waals surface area contributed by atoms with E-state index in [1.807, 2.05) is 47.8 Å². The van der Waals surface area contributed by atoms with Crippen LogP contribution in [0.2, 0.25) is 0 Å². The number of piperazine rings is 1. The average molecular weight is 446 g/mol. The Balaban J connectivity index is 1.68. The summed E-state index contributed by atoms with van der Waals surface area (Å²) in [5.74, 6) is 0.879. The van der Waals surface area contributed by atoms with Gasteiger partial charge in [0.25, 0.3) is 0 Å². The normalized spacial score (nSPS) is 14.8. The summed E-state index contributed by atoms with van der Waals surface area (Å²) in [6, 6.07) is 16.5. The Hall–Kier alpha value is -3.62. The molecule has 0 spiro atoms. The predicted octanol–water partition coefficient (Wildman–Crippen LogP) is 2.90. The molecule has 1 saturated heterocycles. The fourth-order valence-corrected chi connectivity index (χ4v) is 4.51. The number of aromatic nitrogens is 3. The van der Waals surface area contributed by atoms with Crippen molar-refractivity contribution in [1.29, 1.82) is 0 Å². The highest BCUT2D eigenvalue weighted by molar-refractivity contribution is 5.83. The quantitative estimate of drug-likeness (QED) is 0.435. The zero-order valence-electron chi connectivity index (χ0n) is 18.5. The van der Waals surface area contributed by atoms with E-state index >= 15 is 0 Å². The number of fused-ring (bicyclic) bond motifs is 1. The number of rotatable bonds is 5. The summed E-state index contributed by atoms with van der Waals surface area (Å²) in [6.07, 6.45) is 0. The number of phenols is 2. The monoisotopic (exact) mass is 445 g/mol.